The van der Waals surface area contributed by atoms with E-state index in [-0.39, 0.29) is 11.7 Å². The number of thioether (sulfide) groups is 1. The van der Waals surface area contributed by atoms with E-state index in [1.165, 1.54) is 5.75 Å². The van der Waals surface area contributed by atoms with E-state index < -0.39 is 0 Å². The van der Waals surface area contributed by atoms with Gasteiger partial charge in [0, 0.05) is 16.8 Å². The van der Waals surface area contributed by atoms with Crippen molar-refractivity contribution in [3.63, 3.8) is 0 Å². The minimum atomic E-state index is -0.362. The van der Waals surface area contributed by atoms with Crippen LogP contribution < -0.4 is 0 Å². The minimum absolute atomic E-state index is 0.0456. The van der Waals surface area contributed by atoms with Crippen LogP contribution in [0.3, 0.4) is 0 Å². The van der Waals surface area contributed by atoms with Gasteiger partial charge in [0.05, 0.1) is 11.7 Å². The number of aliphatic hydroxyl groups is 1. The van der Waals surface area contributed by atoms with Crippen LogP contribution in [0.4, 0.5) is 0 Å². The molecule has 104 valence electrons. The quantitative estimate of drug-likeness (QED) is 0.886. The van der Waals surface area contributed by atoms with Crippen molar-refractivity contribution in [2.24, 2.45) is 5.92 Å². The van der Waals surface area contributed by atoms with Gasteiger partial charge >= 0.3 is 0 Å². The Hall–Kier alpha value is -0.0300. The number of hydrogen-bond acceptors (Lipinski definition) is 3. The van der Waals surface area contributed by atoms with Crippen LogP contribution in [0, 0.1) is 5.92 Å². The van der Waals surface area contributed by atoms with Crippen molar-refractivity contribution in [2.45, 2.75) is 31.0 Å². The maximum atomic E-state index is 10.6. The molecule has 0 aromatic heterocycles. The molecule has 3 atom stereocenters. The van der Waals surface area contributed by atoms with Crippen LogP contribution in [0.25, 0.3) is 0 Å². The van der Waals surface area contributed by atoms with Crippen molar-refractivity contribution in [1.82, 2.24) is 0 Å². The first kappa shape index (κ1) is 13.9. The van der Waals surface area contributed by atoms with E-state index in [2.05, 4.69) is 15.9 Å². The zero-order chi connectivity index (χ0) is 13.3. The molecule has 3 rings (SSSR count). The Morgan fingerprint density at radius 1 is 1.37 bits per heavy atom. The third kappa shape index (κ3) is 3.02. The molecule has 3 unspecified atom stereocenters. The lowest BCUT2D eigenvalue weighted by molar-refractivity contribution is -0.102. The average molecular weight is 343 g/mol. The fourth-order valence-corrected chi connectivity index (χ4v) is 4.77. The highest BCUT2D eigenvalue weighted by molar-refractivity contribution is 9.10. The summed E-state index contributed by atoms with van der Waals surface area (Å²) >= 11 is 5.41. The molecule has 1 aromatic carbocycles. The summed E-state index contributed by atoms with van der Waals surface area (Å²) < 4.78 is 7.08. The van der Waals surface area contributed by atoms with Gasteiger partial charge < -0.3 is 9.84 Å². The topological polar surface area (TPSA) is 29.5 Å². The summed E-state index contributed by atoms with van der Waals surface area (Å²) in [6.07, 6.45) is 2.74. The smallest absolute Gasteiger partial charge is 0.0820 e. The van der Waals surface area contributed by atoms with Crippen LogP contribution in [0.5, 0.6) is 0 Å². The lowest BCUT2D eigenvalue weighted by atomic mass is 9.80. The third-order valence-corrected chi connectivity index (χ3v) is 6.01. The lowest BCUT2D eigenvalue weighted by Gasteiger charge is -2.39. The summed E-state index contributed by atoms with van der Waals surface area (Å²) in [6, 6.07) is 8.03. The molecule has 2 nitrogen and oxygen atoms in total. The van der Waals surface area contributed by atoms with E-state index in [4.69, 9.17) is 4.74 Å². The largest absolute Gasteiger partial charge is 0.388 e. The van der Waals surface area contributed by atoms with Gasteiger partial charge in [0.1, 0.15) is 0 Å². The van der Waals surface area contributed by atoms with E-state index in [1.807, 2.05) is 36.0 Å². The fourth-order valence-electron chi connectivity index (χ4n) is 3.13. The summed E-state index contributed by atoms with van der Waals surface area (Å²) in [6.45, 7) is 0.790. The Morgan fingerprint density at radius 2 is 2.16 bits per heavy atom. The second kappa shape index (κ2) is 5.76. The predicted octanol–water partition coefficient (Wildman–Crippen LogP) is 3.78. The summed E-state index contributed by atoms with van der Waals surface area (Å²) in [5, 5.41) is 10.6. The van der Waals surface area contributed by atoms with Crippen LogP contribution in [0.2, 0.25) is 0 Å². The summed E-state index contributed by atoms with van der Waals surface area (Å²) in [5.74, 6) is 2.62. The van der Waals surface area contributed by atoms with Crippen LogP contribution in [0.1, 0.15) is 30.9 Å². The molecule has 0 radical (unpaired) electrons. The van der Waals surface area contributed by atoms with Crippen molar-refractivity contribution in [3.8, 4) is 0 Å². The molecule has 2 saturated heterocycles. The summed E-state index contributed by atoms with van der Waals surface area (Å²) in [5.41, 5.74) is 1.07. The normalized spacial score (nSPS) is 32.6. The van der Waals surface area contributed by atoms with Gasteiger partial charge in [0.25, 0.3) is 0 Å². The number of halogens is 1. The molecule has 2 aliphatic rings. The van der Waals surface area contributed by atoms with Gasteiger partial charge in [-0.25, -0.2) is 0 Å². The molecule has 1 N–H and O–H groups in total. The van der Waals surface area contributed by atoms with Crippen molar-refractivity contribution in [3.05, 3.63) is 34.3 Å². The Morgan fingerprint density at radius 3 is 2.84 bits per heavy atom. The van der Waals surface area contributed by atoms with Crippen LogP contribution in [0.15, 0.2) is 28.7 Å². The van der Waals surface area contributed by atoms with E-state index in [0.29, 0.717) is 5.92 Å². The summed E-state index contributed by atoms with van der Waals surface area (Å²) in [7, 11) is 0. The van der Waals surface area contributed by atoms with Crippen LogP contribution in [-0.4, -0.2) is 28.8 Å². The standard InChI is InChI=1S/C15H19BrO2S/c16-13-3-1-11(2-4-13)14(17)12-5-7-18-15(9-12)6-8-19-10-15/h1-4,12,14,17H,5-10H2. The second-order valence-electron chi connectivity index (χ2n) is 5.58. The lowest BCUT2D eigenvalue weighted by Crippen LogP contribution is -2.41. The molecule has 2 fully saturated rings. The number of aliphatic hydroxyl groups excluding tert-OH is 1. The number of rotatable bonds is 2. The first-order chi connectivity index (χ1) is 9.19. The zero-order valence-corrected chi connectivity index (χ0v) is 13.3. The van der Waals surface area contributed by atoms with Gasteiger partial charge in [-0.2, -0.15) is 11.8 Å². The number of hydrogen-bond donors (Lipinski definition) is 1. The third-order valence-electron chi connectivity index (χ3n) is 4.26. The Balaban J connectivity index is 1.72. The zero-order valence-electron chi connectivity index (χ0n) is 10.8. The van der Waals surface area contributed by atoms with Crippen LogP contribution in [-0.2, 0) is 4.74 Å². The Labute approximate surface area is 127 Å². The fraction of sp³-hybridized carbons (Fsp3) is 0.600. The van der Waals surface area contributed by atoms with Crippen molar-refractivity contribution in [1.29, 1.82) is 0 Å². The Bertz CT molecular complexity index is 428. The molecule has 0 aliphatic carbocycles. The maximum absolute atomic E-state index is 10.6. The van der Waals surface area contributed by atoms with Gasteiger partial charge in [-0.1, -0.05) is 28.1 Å². The summed E-state index contributed by atoms with van der Waals surface area (Å²) in [4.78, 5) is 0. The minimum Gasteiger partial charge on any atom is -0.388 e. The molecule has 0 saturated carbocycles. The van der Waals surface area contributed by atoms with Gasteiger partial charge in [-0.15, -0.1) is 0 Å². The van der Waals surface area contributed by atoms with E-state index in [1.54, 1.807) is 0 Å². The number of ether oxygens (including phenoxy) is 1. The maximum Gasteiger partial charge on any atom is 0.0820 e. The molecule has 2 aliphatic heterocycles. The highest BCUT2D eigenvalue weighted by Gasteiger charge is 2.42. The molecule has 1 spiro atoms. The van der Waals surface area contributed by atoms with Crippen LogP contribution >= 0.6 is 27.7 Å². The van der Waals surface area contributed by atoms with Gasteiger partial charge in [-0.3, -0.25) is 0 Å². The molecule has 0 amide bonds. The molecular formula is C15H19BrO2S. The molecular weight excluding hydrogens is 324 g/mol. The monoisotopic (exact) mass is 342 g/mol. The highest BCUT2D eigenvalue weighted by atomic mass is 79.9. The molecule has 0 bridgehead atoms. The first-order valence-corrected chi connectivity index (χ1v) is 8.79. The molecule has 19 heavy (non-hydrogen) atoms. The number of benzene rings is 1. The van der Waals surface area contributed by atoms with Gasteiger partial charge in [0.15, 0.2) is 0 Å². The highest BCUT2D eigenvalue weighted by Crippen LogP contribution is 2.44. The van der Waals surface area contributed by atoms with Crippen molar-refractivity contribution < 1.29 is 9.84 Å². The second-order valence-corrected chi connectivity index (χ2v) is 7.60. The average Bonchev–Trinajstić information content (AvgIpc) is 2.87. The Kier molecular flexibility index (Phi) is 4.22. The van der Waals surface area contributed by atoms with Crippen molar-refractivity contribution in [2.75, 3.05) is 18.1 Å². The predicted molar refractivity (Wildman–Crippen MR) is 82.5 cm³/mol. The molecule has 2 heterocycles. The van der Waals surface area contributed by atoms with Crippen molar-refractivity contribution >= 4 is 27.7 Å². The SMILES string of the molecule is OC(c1ccc(Br)cc1)C1CCOC2(CCSC2)C1. The van der Waals surface area contributed by atoms with E-state index in [0.717, 1.165) is 41.7 Å². The molecule has 4 heteroatoms. The first-order valence-electron chi connectivity index (χ1n) is 6.84. The molecule has 1 aromatic rings. The van der Waals surface area contributed by atoms with Gasteiger partial charge in [0.2, 0.25) is 0 Å². The van der Waals surface area contributed by atoms with E-state index >= 15 is 0 Å². The van der Waals surface area contributed by atoms with E-state index in [9.17, 15) is 5.11 Å². The van der Waals surface area contributed by atoms with Gasteiger partial charge in [-0.05, 0) is 48.6 Å².